The van der Waals surface area contributed by atoms with Gasteiger partial charge in [0.25, 0.3) is 0 Å². The molecule has 0 radical (unpaired) electrons. The number of nitrogens with zero attached hydrogens (tertiary/aromatic N) is 3. The summed E-state index contributed by atoms with van der Waals surface area (Å²) in [5, 5.41) is 29.8. The monoisotopic (exact) mass is 254 g/mol. The van der Waals surface area contributed by atoms with Gasteiger partial charge in [-0.15, -0.1) is 5.10 Å². The van der Waals surface area contributed by atoms with Crippen LogP contribution >= 0.6 is 0 Å². The van der Waals surface area contributed by atoms with Gasteiger partial charge in [-0.3, -0.25) is 4.68 Å². The van der Waals surface area contributed by atoms with Crippen LogP contribution < -0.4 is 5.32 Å². The van der Waals surface area contributed by atoms with Crippen molar-refractivity contribution in [2.24, 2.45) is 5.41 Å². The van der Waals surface area contributed by atoms with Crippen molar-refractivity contribution >= 4 is 0 Å². The number of hydrogen-bond donors (Lipinski definition) is 3. The van der Waals surface area contributed by atoms with Crippen LogP contribution in [0.1, 0.15) is 32.4 Å². The summed E-state index contributed by atoms with van der Waals surface area (Å²) in [7, 11) is 0. The summed E-state index contributed by atoms with van der Waals surface area (Å²) < 4.78 is 1.74. The molecule has 0 amide bonds. The minimum atomic E-state index is -0.213. The van der Waals surface area contributed by atoms with Crippen molar-refractivity contribution in [3.05, 3.63) is 11.9 Å². The Morgan fingerprint density at radius 2 is 2.33 bits per heavy atom. The maximum absolute atomic E-state index is 9.65. The summed E-state index contributed by atoms with van der Waals surface area (Å²) in [6, 6.07) is 0.329. The number of aryl methyl sites for hydroxylation is 1. The van der Waals surface area contributed by atoms with Crippen LogP contribution in [0.2, 0.25) is 0 Å². The number of aliphatic hydroxyl groups excluding tert-OH is 2. The van der Waals surface area contributed by atoms with Crippen molar-refractivity contribution in [1.29, 1.82) is 0 Å². The van der Waals surface area contributed by atoms with Gasteiger partial charge in [0.15, 0.2) is 0 Å². The lowest BCUT2D eigenvalue weighted by atomic mass is 9.64. The van der Waals surface area contributed by atoms with E-state index in [2.05, 4.69) is 29.5 Å². The van der Waals surface area contributed by atoms with Crippen LogP contribution in [0.15, 0.2) is 6.20 Å². The molecule has 1 aromatic heterocycles. The highest BCUT2D eigenvalue weighted by atomic mass is 16.3. The fourth-order valence-corrected chi connectivity index (χ4v) is 2.24. The Morgan fingerprint density at radius 3 is 2.94 bits per heavy atom. The van der Waals surface area contributed by atoms with Crippen molar-refractivity contribution in [2.45, 2.75) is 51.9 Å². The molecule has 1 saturated carbocycles. The van der Waals surface area contributed by atoms with Gasteiger partial charge in [-0.05, 0) is 12.8 Å². The van der Waals surface area contributed by atoms with Gasteiger partial charge in [0, 0.05) is 37.4 Å². The van der Waals surface area contributed by atoms with E-state index in [1.54, 1.807) is 4.68 Å². The van der Waals surface area contributed by atoms with Gasteiger partial charge in [-0.1, -0.05) is 19.1 Å². The van der Waals surface area contributed by atoms with E-state index in [0.717, 1.165) is 12.1 Å². The van der Waals surface area contributed by atoms with E-state index >= 15 is 0 Å². The summed E-state index contributed by atoms with van der Waals surface area (Å²) in [6.45, 7) is 5.66. The molecule has 0 spiro atoms. The number of aliphatic hydroxyl groups is 2. The SMILES string of the molecule is CC1(C)C(O)CC1NCc1cn(CCCO)nn1. The summed E-state index contributed by atoms with van der Waals surface area (Å²) in [6.07, 6.45) is 3.17. The molecule has 1 fully saturated rings. The Bertz CT molecular complexity index is 391. The van der Waals surface area contributed by atoms with Gasteiger partial charge < -0.3 is 15.5 Å². The molecule has 0 bridgehead atoms. The average Bonchev–Trinajstić information content (AvgIpc) is 2.79. The largest absolute Gasteiger partial charge is 0.396 e. The summed E-state index contributed by atoms with van der Waals surface area (Å²) in [4.78, 5) is 0. The number of hydrogen-bond acceptors (Lipinski definition) is 5. The van der Waals surface area contributed by atoms with Crippen LogP contribution in [0, 0.1) is 5.41 Å². The Labute approximate surface area is 107 Å². The zero-order valence-electron chi connectivity index (χ0n) is 11.0. The van der Waals surface area contributed by atoms with Gasteiger partial charge >= 0.3 is 0 Å². The lowest BCUT2D eigenvalue weighted by Crippen LogP contribution is -2.59. The average molecular weight is 254 g/mol. The van der Waals surface area contributed by atoms with Gasteiger partial charge in [-0.25, -0.2) is 0 Å². The van der Waals surface area contributed by atoms with E-state index in [9.17, 15) is 5.11 Å². The fraction of sp³-hybridized carbons (Fsp3) is 0.833. The second-order valence-electron chi connectivity index (χ2n) is 5.56. The molecule has 2 atom stereocenters. The highest BCUT2D eigenvalue weighted by Gasteiger charge is 2.46. The maximum Gasteiger partial charge on any atom is 0.0964 e. The highest BCUT2D eigenvalue weighted by Crippen LogP contribution is 2.40. The Morgan fingerprint density at radius 1 is 1.56 bits per heavy atom. The molecule has 0 aliphatic heterocycles. The van der Waals surface area contributed by atoms with Crippen molar-refractivity contribution in [3.63, 3.8) is 0 Å². The van der Waals surface area contributed by atoms with Gasteiger partial charge in [0.2, 0.25) is 0 Å². The van der Waals surface area contributed by atoms with Crippen LogP contribution in [0.4, 0.5) is 0 Å². The molecular weight excluding hydrogens is 232 g/mol. The Hall–Kier alpha value is -0.980. The normalized spacial score (nSPS) is 26.0. The van der Waals surface area contributed by atoms with E-state index in [1.165, 1.54) is 0 Å². The molecule has 18 heavy (non-hydrogen) atoms. The van der Waals surface area contributed by atoms with Crippen LogP contribution in [0.3, 0.4) is 0 Å². The van der Waals surface area contributed by atoms with Crippen LogP contribution in [0.25, 0.3) is 0 Å². The van der Waals surface area contributed by atoms with Crippen LogP contribution in [0.5, 0.6) is 0 Å². The first-order chi connectivity index (χ1) is 8.54. The first-order valence-electron chi connectivity index (χ1n) is 6.45. The van der Waals surface area contributed by atoms with Crippen molar-refractivity contribution in [2.75, 3.05) is 6.61 Å². The van der Waals surface area contributed by atoms with Crippen molar-refractivity contribution in [3.8, 4) is 0 Å². The minimum absolute atomic E-state index is 0.0626. The van der Waals surface area contributed by atoms with E-state index in [-0.39, 0.29) is 18.1 Å². The van der Waals surface area contributed by atoms with Crippen molar-refractivity contribution in [1.82, 2.24) is 20.3 Å². The van der Waals surface area contributed by atoms with Crippen LogP contribution in [-0.4, -0.2) is 44.0 Å². The maximum atomic E-state index is 9.65. The number of aromatic nitrogens is 3. The number of rotatable bonds is 6. The molecule has 0 saturated heterocycles. The minimum Gasteiger partial charge on any atom is -0.396 e. The molecule has 1 aliphatic carbocycles. The van der Waals surface area contributed by atoms with E-state index in [4.69, 9.17) is 5.11 Å². The fourth-order valence-electron chi connectivity index (χ4n) is 2.24. The summed E-state index contributed by atoms with van der Waals surface area (Å²) in [5.74, 6) is 0. The standard InChI is InChI=1S/C12H22N4O2/c1-12(2)10(6-11(12)18)13-7-9-8-16(15-14-9)4-3-5-17/h8,10-11,13,17-18H,3-7H2,1-2H3. The van der Waals surface area contributed by atoms with Gasteiger partial charge in [-0.2, -0.15) is 0 Å². The predicted octanol–water partition coefficient (Wildman–Crippen LogP) is -0.0905. The first-order valence-corrected chi connectivity index (χ1v) is 6.45. The predicted molar refractivity (Wildman–Crippen MR) is 66.8 cm³/mol. The Kier molecular flexibility index (Phi) is 3.99. The van der Waals surface area contributed by atoms with Gasteiger partial charge in [0.1, 0.15) is 0 Å². The second kappa shape index (κ2) is 5.34. The molecule has 2 rings (SSSR count). The number of nitrogens with one attached hydrogen (secondary N) is 1. The molecule has 3 N–H and O–H groups in total. The molecule has 1 aliphatic rings. The molecule has 2 unspecified atom stereocenters. The summed E-state index contributed by atoms with van der Waals surface area (Å²) >= 11 is 0. The smallest absolute Gasteiger partial charge is 0.0964 e. The molecule has 6 nitrogen and oxygen atoms in total. The van der Waals surface area contributed by atoms with Crippen LogP contribution in [-0.2, 0) is 13.1 Å². The quantitative estimate of drug-likeness (QED) is 0.661. The molecular formula is C12H22N4O2. The second-order valence-corrected chi connectivity index (χ2v) is 5.56. The topological polar surface area (TPSA) is 83.2 Å². The highest BCUT2D eigenvalue weighted by molar-refractivity contribution is 5.03. The van der Waals surface area contributed by atoms with E-state index < -0.39 is 0 Å². The van der Waals surface area contributed by atoms with Crippen molar-refractivity contribution < 1.29 is 10.2 Å². The lowest BCUT2D eigenvalue weighted by molar-refractivity contribution is -0.0730. The molecule has 102 valence electrons. The third kappa shape index (κ3) is 2.71. The zero-order valence-corrected chi connectivity index (χ0v) is 11.0. The summed E-state index contributed by atoms with van der Waals surface area (Å²) in [5.41, 5.74) is 0.831. The molecule has 1 heterocycles. The Balaban J connectivity index is 1.79. The van der Waals surface area contributed by atoms with E-state index in [1.807, 2.05) is 6.20 Å². The first kappa shape index (κ1) is 13.5. The zero-order chi connectivity index (χ0) is 13.2. The van der Waals surface area contributed by atoms with Gasteiger partial charge in [0.05, 0.1) is 11.8 Å². The molecule has 1 aromatic rings. The van der Waals surface area contributed by atoms with E-state index in [0.29, 0.717) is 25.6 Å². The molecule has 6 heteroatoms. The lowest BCUT2D eigenvalue weighted by Gasteiger charge is -2.49. The third-order valence-corrected chi connectivity index (χ3v) is 3.88. The molecule has 0 aromatic carbocycles. The third-order valence-electron chi connectivity index (χ3n) is 3.88.